The van der Waals surface area contributed by atoms with Crippen LogP contribution in [0.15, 0.2) is 218 Å². The number of hydrogen-bond acceptors (Lipinski definition) is 2. The minimum absolute atomic E-state index is 0.0347. The van der Waals surface area contributed by atoms with Crippen LogP contribution in [0.5, 0.6) is 0 Å². The number of para-hydroxylation sites is 2. The first kappa shape index (κ1) is 59.0. The van der Waals surface area contributed by atoms with E-state index in [1.165, 1.54) is 132 Å². The molecule has 4 nitrogen and oxygen atoms in total. The maximum absolute atomic E-state index is 2.59. The predicted molar refractivity (Wildman–Crippen MR) is 399 cm³/mol. The zero-order valence-corrected chi connectivity index (χ0v) is 56.7. The van der Waals surface area contributed by atoms with Gasteiger partial charge in [-0.25, -0.2) is 0 Å². The molecule has 0 aliphatic rings. The normalized spacial score (nSPS) is 13.0. The number of fused-ring (bicyclic) bond motifs is 12. The highest BCUT2D eigenvalue weighted by Crippen LogP contribution is 2.54. The summed E-state index contributed by atoms with van der Waals surface area (Å²) < 4.78 is 5.18. The van der Waals surface area contributed by atoms with Crippen LogP contribution in [0, 0.1) is 0 Å². The monoisotopic (exact) mass is 1200 g/mol. The van der Waals surface area contributed by atoms with Crippen molar-refractivity contribution in [3.8, 4) is 22.3 Å². The Kier molecular flexibility index (Phi) is 13.5. The fourth-order valence-electron chi connectivity index (χ4n) is 14.8. The molecule has 0 unspecified atom stereocenters. The molecule has 4 heterocycles. The lowest BCUT2D eigenvalue weighted by Gasteiger charge is -2.31. The third-order valence-corrected chi connectivity index (χ3v) is 20.2. The molecule has 0 saturated heterocycles. The van der Waals surface area contributed by atoms with E-state index < -0.39 is 0 Å². The summed E-state index contributed by atoms with van der Waals surface area (Å²) in [6, 6.07) is 84.8. The maximum Gasteiger partial charge on any atom is 0.0641 e. The number of rotatable bonds is 10. The fraction of sp³-hybridized carbons (Fsp3) is 0.250. The summed E-state index contributed by atoms with van der Waals surface area (Å²) in [5.74, 6) is 0.811. The Morgan fingerprint density at radius 2 is 0.609 bits per heavy atom. The Hall–Kier alpha value is -9.38. The van der Waals surface area contributed by atoms with Gasteiger partial charge in [-0.05, 0) is 163 Å². The molecular weight excluding hydrogens is 1110 g/mol. The van der Waals surface area contributed by atoms with Gasteiger partial charge < -0.3 is 18.6 Å². The molecule has 458 valence electrons. The standard InChI is InChI=1S/C88H86N4/c1-53(2)55-29-39-63(40-30-55)89(75-45-37-61(87(11,12)13)49-69(75)57-25-33-59(34-26-57)85(5,6)7)77-47-43-65-71-51-80-72(52-79(71)91-73-23-19-17-21-67(73)81(77)83(65)91)66-44-48-78(82-68-22-18-20-24-74(68)92(80)84(66)82)90(64-41-31-56(32-42-64)54(3)4)76-46-38-62(88(14,15)16)50-70(76)58-27-35-60(36-28-58)86(8,9)10/h17-54H,1-16H3. The molecule has 0 saturated carbocycles. The molecule has 0 aliphatic heterocycles. The van der Waals surface area contributed by atoms with Crippen molar-refractivity contribution in [3.05, 3.63) is 252 Å². The second-order valence-corrected chi connectivity index (χ2v) is 31.1. The SMILES string of the molecule is CC(C)c1ccc(N(c2ccc(C(C)(C)C)cc2-c2ccc(C(C)(C)C)cc2)c2ccc3c4cc5c(cc4n4c6ccccc6c2c34)c2ccc(N(c3ccc(C(C)C)cc3)c3ccc(C(C)(C)C)cc3-c3ccc(C(C)(C)C)cc3)c3c4ccccc4n5c23)cc1. The Morgan fingerprint density at radius 1 is 0.283 bits per heavy atom. The van der Waals surface area contributed by atoms with Gasteiger partial charge in [0.2, 0.25) is 0 Å². The van der Waals surface area contributed by atoms with Gasteiger partial charge in [0.15, 0.2) is 0 Å². The number of hydrogen-bond donors (Lipinski definition) is 0. The van der Waals surface area contributed by atoms with Crippen molar-refractivity contribution in [1.82, 2.24) is 8.80 Å². The van der Waals surface area contributed by atoms with E-state index in [1.54, 1.807) is 0 Å². The topological polar surface area (TPSA) is 15.3 Å². The van der Waals surface area contributed by atoms with Gasteiger partial charge in [-0.2, -0.15) is 0 Å². The van der Waals surface area contributed by atoms with E-state index in [2.05, 4.69) is 348 Å². The third-order valence-electron chi connectivity index (χ3n) is 20.2. The lowest BCUT2D eigenvalue weighted by molar-refractivity contribution is 0.589. The van der Waals surface area contributed by atoms with Crippen molar-refractivity contribution in [3.63, 3.8) is 0 Å². The molecule has 0 N–H and O–H groups in total. The smallest absolute Gasteiger partial charge is 0.0641 e. The van der Waals surface area contributed by atoms with Gasteiger partial charge in [0.05, 0.1) is 55.8 Å². The van der Waals surface area contributed by atoms with Gasteiger partial charge >= 0.3 is 0 Å². The highest BCUT2D eigenvalue weighted by molar-refractivity contribution is 6.32. The van der Waals surface area contributed by atoms with E-state index in [9.17, 15) is 0 Å². The van der Waals surface area contributed by atoms with E-state index in [0.29, 0.717) is 11.8 Å². The molecule has 0 amide bonds. The first-order valence-electron chi connectivity index (χ1n) is 33.5. The second kappa shape index (κ2) is 21.1. The molecule has 92 heavy (non-hydrogen) atoms. The zero-order valence-electron chi connectivity index (χ0n) is 56.7. The molecule has 4 heteroatoms. The summed E-state index contributed by atoms with van der Waals surface area (Å²) in [5.41, 5.74) is 26.9. The van der Waals surface area contributed by atoms with Gasteiger partial charge in [-0.15, -0.1) is 0 Å². The molecule has 4 aromatic heterocycles. The number of anilines is 6. The maximum atomic E-state index is 2.59. The average Bonchev–Trinajstić information content (AvgIpc) is 1.52. The first-order valence-corrected chi connectivity index (χ1v) is 33.5. The van der Waals surface area contributed by atoms with Crippen LogP contribution in [0.4, 0.5) is 34.1 Å². The molecule has 0 spiro atoms. The summed E-state index contributed by atoms with van der Waals surface area (Å²) in [6.07, 6.45) is 0. The third kappa shape index (κ3) is 9.44. The molecule has 0 radical (unpaired) electrons. The summed E-state index contributed by atoms with van der Waals surface area (Å²) >= 11 is 0. The average molecular weight is 1200 g/mol. The van der Waals surface area contributed by atoms with Crippen LogP contribution in [0.3, 0.4) is 0 Å². The quantitative estimate of drug-likeness (QED) is 0.136. The van der Waals surface area contributed by atoms with Crippen molar-refractivity contribution in [2.24, 2.45) is 0 Å². The zero-order chi connectivity index (χ0) is 64.2. The van der Waals surface area contributed by atoms with Crippen molar-refractivity contribution in [2.45, 2.75) is 144 Å². The lowest BCUT2D eigenvalue weighted by atomic mass is 9.83. The molecule has 15 aromatic rings. The number of benzene rings is 11. The minimum atomic E-state index is -0.0554. The predicted octanol–water partition coefficient (Wildman–Crippen LogP) is 25.7. The number of nitrogens with zero attached hydrogens (tertiary/aromatic N) is 4. The fourth-order valence-corrected chi connectivity index (χ4v) is 14.8. The summed E-state index contributed by atoms with van der Waals surface area (Å²) in [4.78, 5) is 5.12. The van der Waals surface area contributed by atoms with Crippen LogP contribution in [-0.2, 0) is 21.7 Å². The molecule has 0 aliphatic carbocycles. The minimum Gasteiger partial charge on any atom is -0.309 e. The van der Waals surface area contributed by atoms with E-state index in [-0.39, 0.29) is 21.7 Å². The summed E-state index contributed by atoms with van der Waals surface area (Å²) in [6.45, 7) is 36.9. The highest BCUT2D eigenvalue weighted by atomic mass is 15.2. The van der Waals surface area contributed by atoms with Crippen LogP contribution in [-0.4, -0.2) is 8.80 Å². The van der Waals surface area contributed by atoms with Gasteiger partial charge in [-0.1, -0.05) is 244 Å². The lowest BCUT2D eigenvalue weighted by Crippen LogP contribution is -2.15. The highest BCUT2D eigenvalue weighted by Gasteiger charge is 2.31. The Balaban J connectivity index is 0.986. The molecule has 11 aromatic carbocycles. The van der Waals surface area contributed by atoms with Crippen molar-refractivity contribution < 1.29 is 0 Å². The Bertz CT molecular complexity index is 4990. The molecule has 0 fully saturated rings. The van der Waals surface area contributed by atoms with E-state index in [0.717, 1.165) is 34.1 Å². The number of aromatic nitrogens is 2. The van der Waals surface area contributed by atoms with E-state index >= 15 is 0 Å². The van der Waals surface area contributed by atoms with Crippen LogP contribution in [0.25, 0.3) is 98.4 Å². The van der Waals surface area contributed by atoms with Crippen LogP contribution >= 0.6 is 0 Å². The van der Waals surface area contributed by atoms with Gasteiger partial charge in [0, 0.05) is 65.6 Å². The van der Waals surface area contributed by atoms with Crippen LogP contribution < -0.4 is 9.80 Å². The van der Waals surface area contributed by atoms with Crippen molar-refractivity contribution in [2.75, 3.05) is 9.80 Å². The van der Waals surface area contributed by atoms with Crippen molar-refractivity contribution >= 4 is 110 Å². The van der Waals surface area contributed by atoms with Crippen LogP contribution in [0.2, 0.25) is 0 Å². The first-order chi connectivity index (χ1) is 43.8. The van der Waals surface area contributed by atoms with E-state index in [4.69, 9.17) is 0 Å². The summed E-state index contributed by atoms with van der Waals surface area (Å²) in [7, 11) is 0. The van der Waals surface area contributed by atoms with Gasteiger partial charge in [0.1, 0.15) is 0 Å². The van der Waals surface area contributed by atoms with Crippen molar-refractivity contribution in [1.29, 1.82) is 0 Å². The molecular formula is C88H86N4. The Labute approximate surface area is 544 Å². The van der Waals surface area contributed by atoms with Gasteiger partial charge in [0.25, 0.3) is 0 Å². The molecule has 0 bridgehead atoms. The van der Waals surface area contributed by atoms with Crippen LogP contribution in [0.1, 0.15) is 156 Å². The van der Waals surface area contributed by atoms with E-state index in [1.807, 2.05) is 0 Å². The van der Waals surface area contributed by atoms with Gasteiger partial charge in [-0.3, -0.25) is 0 Å². The largest absolute Gasteiger partial charge is 0.309 e. The molecule has 0 atom stereocenters. The molecule has 15 rings (SSSR count). The Morgan fingerprint density at radius 3 is 0.946 bits per heavy atom. The summed E-state index contributed by atoms with van der Waals surface area (Å²) in [5, 5.41) is 9.95. The second-order valence-electron chi connectivity index (χ2n) is 31.1.